The van der Waals surface area contributed by atoms with Gasteiger partial charge in [-0.3, -0.25) is 4.79 Å². The first-order chi connectivity index (χ1) is 14.2. The van der Waals surface area contributed by atoms with Crippen molar-refractivity contribution in [1.82, 2.24) is 0 Å². The van der Waals surface area contributed by atoms with Gasteiger partial charge in [0, 0.05) is 5.56 Å². The smallest absolute Gasteiger partial charge is 0.391 e. The van der Waals surface area contributed by atoms with E-state index in [1.807, 2.05) is 12.2 Å². The van der Waals surface area contributed by atoms with Crippen molar-refractivity contribution >= 4 is 11.5 Å². The fraction of sp³-hybridized carbons (Fsp3) is 0.522. The summed E-state index contributed by atoms with van der Waals surface area (Å²) in [7, 11) is 0. The van der Waals surface area contributed by atoms with E-state index in [1.165, 1.54) is 6.07 Å². The molecule has 0 radical (unpaired) electrons. The maximum Gasteiger partial charge on any atom is 0.391 e. The maximum atomic E-state index is 14.7. The molecule has 0 bridgehead atoms. The van der Waals surface area contributed by atoms with E-state index in [1.54, 1.807) is 18.2 Å². The molecule has 0 aromatic heterocycles. The van der Waals surface area contributed by atoms with Gasteiger partial charge in [0.15, 0.2) is 0 Å². The summed E-state index contributed by atoms with van der Waals surface area (Å²) >= 11 is 0. The Morgan fingerprint density at radius 1 is 1.13 bits per heavy atom. The SMILES string of the molecule is O=C(O)C1(c2ccc(C3=CCC(OC4CCC(C(F)(F)F)CC4)C=C3)c(F)c2)CC1. The zero-order valence-electron chi connectivity index (χ0n) is 16.4. The Labute approximate surface area is 172 Å². The van der Waals surface area contributed by atoms with Crippen LogP contribution in [0.5, 0.6) is 0 Å². The first-order valence-corrected chi connectivity index (χ1v) is 10.3. The molecule has 1 aromatic rings. The number of ether oxygens (including phenoxy) is 1. The molecule has 1 atom stereocenters. The van der Waals surface area contributed by atoms with Crippen molar-refractivity contribution in [2.24, 2.45) is 5.92 Å². The summed E-state index contributed by atoms with van der Waals surface area (Å²) in [4.78, 5) is 11.4. The number of carboxylic acid groups (broad SMARTS) is 1. The normalized spacial score (nSPS) is 28.1. The Balaban J connectivity index is 1.35. The van der Waals surface area contributed by atoms with Gasteiger partial charge < -0.3 is 9.84 Å². The number of hydrogen-bond donors (Lipinski definition) is 1. The molecule has 0 saturated heterocycles. The second-order valence-electron chi connectivity index (χ2n) is 8.53. The minimum atomic E-state index is -4.13. The molecule has 2 saturated carbocycles. The highest BCUT2D eigenvalue weighted by Crippen LogP contribution is 2.49. The molecule has 1 aromatic carbocycles. The molecule has 1 N–H and O–H groups in total. The lowest BCUT2D eigenvalue weighted by Gasteiger charge is -2.32. The van der Waals surface area contributed by atoms with Crippen LogP contribution in [-0.4, -0.2) is 29.5 Å². The van der Waals surface area contributed by atoms with Crippen LogP contribution in [0, 0.1) is 11.7 Å². The first kappa shape index (κ1) is 21.1. The number of allylic oxidation sites excluding steroid dienone is 2. The van der Waals surface area contributed by atoms with Crippen molar-refractivity contribution in [2.45, 2.75) is 68.7 Å². The number of alkyl halides is 3. The fourth-order valence-electron chi connectivity index (χ4n) is 4.47. The number of halogens is 4. The molecular weight excluding hydrogens is 400 g/mol. The van der Waals surface area contributed by atoms with E-state index in [0.29, 0.717) is 48.8 Å². The van der Waals surface area contributed by atoms with E-state index in [-0.39, 0.29) is 25.0 Å². The predicted molar refractivity (Wildman–Crippen MR) is 103 cm³/mol. The number of benzene rings is 1. The van der Waals surface area contributed by atoms with Crippen LogP contribution in [0.1, 0.15) is 56.1 Å². The summed E-state index contributed by atoms with van der Waals surface area (Å²) in [5.41, 5.74) is 0.646. The van der Waals surface area contributed by atoms with Crippen molar-refractivity contribution in [3.05, 3.63) is 53.4 Å². The van der Waals surface area contributed by atoms with Crippen LogP contribution in [0.15, 0.2) is 36.4 Å². The van der Waals surface area contributed by atoms with Crippen LogP contribution in [0.3, 0.4) is 0 Å². The average Bonchev–Trinajstić information content (AvgIpc) is 3.51. The van der Waals surface area contributed by atoms with Gasteiger partial charge in [0.05, 0.1) is 23.5 Å². The fourth-order valence-corrected chi connectivity index (χ4v) is 4.47. The summed E-state index contributed by atoms with van der Waals surface area (Å²) in [6.45, 7) is 0. The van der Waals surface area contributed by atoms with Gasteiger partial charge in [0.2, 0.25) is 0 Å². The maximum absolute atomic E-state index is 14.7. The van der Waals surface area contributed by atoms with Gasteiger partial charge in [-0.25, -0.2) is 4.39 Å². The third-order valence-corrected chi connectivity index (χ3v) is 6.56. The Bertz CT molecular complexity index is 875. The number of hydrogen-bond acceptors (Lipinski definition) is 2. The summed E-state index contributed by atoms with van der Waals surface area (Å²) in [6, 6.07) is 4.60. The lowest BCUT2D eigenvalue weighted by molar-refractivity contribution is -0.188. The van der Waals surface area contributed by atoms with Crippen molar-refractivity contribution < 1.29 is 32.2 Å². The molecule has 0 aliphatic heterocycles. The van der Waals surface area contributed by atoms with Gasteiger partial charge in [-0.05, 0) is 62.1 Å². The molecule has 4 rings (SSSR count). The third-order valence-electron chi connectivity index (χ3n) is 6.56. The minimum absolute atomic E-state index is 0.0983. The highest BCUT2D eigenvalue weighted by molar-refractivity contribution is 5.85. The van der Waals surface area contributed by atoms with Gasteiger partial charge in [-0.2, -0.15) is 13.2 Å². The highest BCUT2D eigenvalue weighted by atomic mass is 19.4. The molecule has 30 heavy (non-hydrogen) atoms. The molecule has 2 fully saturated rings. The predicted octanol–water partition coefficient (Wildman–Crippen LogP) is 5.79. The van der Waals surface area contributed by atoms with E-state index in [4.69, 9.17) is 4.74 Å². The van der Waals surface area contributed by atoms with Crippen LogP contribution in [0.4, 0.5) is 17.6 Å². The summed E-state index contributed by atoms with van der Waals surface area (Å²) in [5.74, 6) is -2.61. The molecule has 3 aliphatic rings. The van der Waals surface area contributed by atoms with E-state index >= 15 is 0 Å². The van der Waals surface area contributed by atoms with Gasteiger partial charge in [-0.1, -0.05) is 30.4 Å². The van der Waals surface area contributed by atoms with Crippen LogP contribution >= 0.6 is 0 Å². The quantitative estimate of drug-likeness (QED) is 0.609. The second kappa shape index (κ2) is 7.84. The zero-order valence-corrected chi connectivity index (χ0v) is 16.4. The Hall–Kier alpha value is -2.15. The number of rotatable bonds is 5. The lowest BCUT2D eigenvalue weighted by Crippen LogP contribution is -2.32. The summed E-state index contributed by atoms with van der Waals surface area (Å²) in [6.07, 6.45) is 3.44. The van der Waals surface area contributed by atoms with E-state index in [2.05, 4.69) is 0 Å². The average molecular weight is 424 g/mol. The van der Waals surface area contributed by atoms with E-state index < -0.39 is 29.3 Å². The standard InChI is InChI=1S/C23H24F4O3/c24-20-13-16(22(11-12-22)21(28)29)5-10-19(20)14-1-6-17(7-2-14)30-18-8-3-15(4-9-18)23(25,26)27/h1-2,5-6,10,13,15,17-18H,3-4,7-9,11-12H2,(H,28,29). The topological polar surface area (TPSA) is 46.5 Å². The Morgan fingerprint density at radius 3 is 2.33 bits per heavy atom. The van der Waals surface area contributed by atoms with E-state index in [0.717, 1.165) is 0 Å². The highest BCUT2D eigenvalue weighted by Gasteiger charge is 2.52. The second-order valence-corrected chi connectivity index (χ2v) is 8.53. The van der Waals surface area contributed by atoms with Crippen LogP contribution in [0.25, 0.3) is 5.57 Å². The van der Waals surface area contributed by atoms with Crippen molar-refractivity contribution in [3.63, 3.8) is 0 Å². The molecule has 3 nitrogen and oxygen atoms in total. The molecule has 1 unspecified atom stereocenters. The van der Waals surface area contributed by atoms with Gasteiger partial charge in [0.25, 0.3) is 0 Å². The lowest BCUT2D eigenvalue weighted by atomic mass is 9.86. The molecule has 162 valence electrons. The van der Waals surface area contributed by atoms with Gasteiger partial charge >= 0.3 is 12.1 Å². The molecule has 0 amide bonds. The molecule has 0 heterocycles. The number of carboxylic acids is 1. The zero-order chi connectivity index (χ0) is 21.5. The minimum Gasteiger partial charge on any atom is -0.481 e. The third kappa shape index (κ3) is 4.17. The van der Waals surface area contributed by atoms with E-state index in [9.17, 15) is 27.5 Å². The molecule has 0 spiro atoms. The summed E-state index contributed by atoms with van der Waals surface area (Å²) in [5, 5.41) is 9.37. The first-order valence-electron chi connectivity index (χ1n) is 10.3. The van der Waals surface area contributed by atoms with Crippen molar-refractivity contribution in [2.75, 3.05) is 0 Å². The van der Waals surface area contributed by atoms with Gasteiger partial charge in [-0.15, -0.1) is 0 Å². The monoisotopic (exact) mass is 424 g/mol. The van der Waals surface area contributed by atoms with Crippen molar-refractivity contribution in [3.8, 4) is 0 Å². The molecule has 3 aliphatic carbocycles. The molecule has 7 heteroatoms. The number of carbonyl (C=O) groups is 1. The van der Waals surface area contributed by atoms with Crippen LogP contribution < -0.4 is 0 Å². The number of aliphatic carboxylic acids is 1. The van der Waals surface area contributed by atoms with Crippen LogP contribution in [-0.2, 0) is 14.9 Å². The van der Waals surface area contributed by atoms with Crippen LogP contribution in [0.2, 0.25) is 0 Å². The van der Waals surface area contributed by atoms with Crippen molar-refractivity contribution in [1.29, 1.82) is 0 Å². The van der Waals surface area contributed by atoms with Gasteiger partial charge in [0.1, 0.15) is 5.82 Å². The molecular formula is C23H24F4O3. The largest absolute Gasteiger partial charge is 0.481 e. The summed E-state index contributed by atoms with van der Waals surface area (Å²) < 4.78 is 58.9. The Kier molecular flexibility index (Phi) is 5.51. The Morgan fingerprint density at radius 2 is 1.83 bits per heavy atom.